The molecule has 0 saturated heterocycles. The van der Waals surface area contributed by atoms with Crippen molar-refractivity contribution in [2.24, 2.45) is 0 Å². The molecular formula is C12H22N2O5. The fourth-order valence-corrected chi connectivity index (χ4v) is 1.09. The Morgan fingerprint density at radius 2 is 1.47 bits per heavy atom. The highest BCUT2D eigenvalue weighted by Gasteiger charge is 2.01. The molecule has 2 N–H and O–H groups in total. The average Bonchev–Trinajstić information content (AvgIpc) is 2.36. The number of amides is 2. The van der Waals surface area contributed by atoms with Crippen LogP contribution < -0.4 is 10.6 Å². The predicted molar refractivity (Wildman–Crippen MR) is 68.6 cm³/mol. The number of hydrogen-bond donors (Lipinski definition) is 2. The second-order valence-electron chi connectivity index (χ2n) is 3.86. The van der Waals surface area contributed by atoms with E-state index in [2.05, 4.69) is 10.6 Å². The van der Waals surface area contributed by atoms with Gasteiger partial charge in [0.15, 0.2) is 5.78 Å². The van der Waals surface area contributed by atoms with Crippen LogP contribution >= 0.6 is 0 Å². The van der Waals surface area contributed by atoms with Gasteiger partial charge in [0.25, 0.3) is 0 Å². The monoisotopic (exact) mass is 274 g/mol. The summed E-state index contributed by atoms with van der Waals surface area (Å²) in [6.07, 6.45) is 0.455. The van der Waals surface area contributed by atoms with Crippen LogP contribution in [0.1, 0.15) is 20.3 Å². The topological polar surface area (TPSA) is 93.7 Å². The molecule has 19 heavy (non-hydrogen) atoms. The highest BCUT2D eigenvalue weighted by atomic mass is 16.5. The number of hydrogen-bond acceptors (Lipinski definition) is 5. The van der Waals surface area contributed by atoms with E-state index in [1.54, 1.807) is 6.92 Å². The van der Waals surface area contributed by atoms with Crippen LogP contribution in [0.3, 0.4) is 0 Å². The number of Topliss-reactive ketones (excluding diaryl/α,β-unsaturated/α-hetero) is 1. The lowest BCUT2D eigenvalue weighted by Gasteiger charge is -2.07. The third kappa shape index (κ3) is 12.8. The van der Waals surface area contributed by atoms with Gasteiger partial charge >= 0.3 is 0 Å². The van der Waals surface area contributed by atoms with Gasteiger partial charge in [-0.2, -0.15) is 0 Å². The Bertz CT molecular complexity index is 294. The molecule has 2 amide bonds. The maximum atomic E-state index is 11.2. The molecule has 0 bridgehead atoms. The summed E-state index contributed by atoms with van der Waals surface area (Å²) < 4.78 is 10.0. The van der Waals surface area contributed by atoms with Crippen LogP contribution in [0.25, 0.3) is 0 Å². The molecule has 0 atom stereocenters. The van der Waals surface area contributed by atoms with Crippen molar-refractivity contribution < 1.29 is 23.9 Å². The molecule has 0 heterocycles. The fraction of sp³-hybridized carbons (Fsp3) is 0.750. The normalized spacial score (nSPS) is 10.0. The van der Waals surface area contributed by atoms with E-state index in [9.17, 15) is 14.4 Å². The van der Waals surface area contributed by atoms with Gasteiger partial charge in [0.2, 0.25) is 11.8 Å². The third-order valence-electron chi connectivity index (χ3n) is 2.00. The van der Waals surface area contributed by atoms with Crippen molar-refractivity contribution in [2.75, 3.05) is 39.5 Å². The summed E-state index contributed by atoms with van der Waals surface area (Å²) in [5.74, 6) is -0.422. The zero-order valence-electron chi connectivity index (χ0n) is 11.5. The second-order valence-corrected chi connectivity index (χ2v) is 3.86. The highest BCUT2D eigenvalue weighted by Crippen LogP contribution is 1.79. The first-order chi connectivity index (χ1) is 9.06. The van der Waals surface area contributed by atoms with Crippen LogP contribution in [0, 0.1) is 0 Å². The van der Waals surface area contributed by atoms with Gasteiger partial charge in [0, 0.05) is 19.5 Å². The smallest absolute Gasteiger partial charge is 0.246 e. The van der Waals surface area contributed by atoms with Crippen molar-refractivity contribution in [1.29, 1.82) is 0 Å². The Balaban J connectivity index is 3.27. The Kier molecular flexibility index (Phi) is 10.7. The summed E-state index contributed by atoms with van der Waals surface area (Å²) in [6.45, 7) is 4.57. The maximum Gasteiger partial charge on any atom is 0.246 e. The minimum atomic E-state index is -0.288. The molecule has 0 aliphatic rings. The van der Waals surface area contributed by atoms with Crippen molar-refractivity contribution in [3.8, 4) is 0 Å². The summed E-state index contributed by atoms with van der Waals surface area (Å²) in [4.78, 5) is 32.6. The van der Waals surface area contributed by atoms with Gasteiger partial charge in [0.1, 0.15) is 13.2 Å². The SMILES string of the molecule is CCC(=O)NCCOCCNC(=O)COCC(C)=O. The Morgan fingerprint density at radius 1 is 0.895 bits per heavy atom. The summed E-state index contributed by atoms with van der Waals surface area (Å²) in [7, 11) is 0. The Labute approximate surface area is 113 Å². The van der Waals surface area contributed by atoms with Crippen LogP contribution in [0.5, 0.6) is 0 Å². The Hall–Kier alpha value is -1.47. The zero-order chi connectivity index (χ0) is 14.5. The van der Waals surface area contributed by atoms with E-state index >= 15 is 0 Å². The van der Waals surface area contributed by atoms with E-state index in [1.165, 1.54) is 6.92 Å². The molecule has 0 fully saturated rings. The molecule has 0 rings (SSSR count). The molecule has 0 radical (unpaired) electrons. The van der Waals surface area contributed by atoms with E-state index in [1.807, 2.05) is 0 Å². The van der Waals surface area contributed by atoms with Gasteiger partial charge in [-0.05, 0) is 6.92 Å². The van der Waals surface area contributed by atoms with Crippen molar-refractivity contribution in [1.82, 2.24) is 10.6 Å². The molecule has 0 unspecified atom stereocenters. The molecular weight excluding hydrogens is 252 g/mol. The molecule has 110 valence electrons. The standard InChI is InChI=1S/C12H22N2O5/c1-3-11(16)13-4-6-18-7-5-14-12(17)9-19-8-10(2)15/h3-9H2,1-2H3,(H,13,16)(H,14,17). The van der Waals surface area contributed by atoms with E-state index < -0.39 is 0 Å². The van der Waals surface area contributed by atoms with Gasteiger partial charge in [0.05, 0.1) is 13.2 Å². The summed E-state index contributed by atoms with van der Waals surface area (Å²) in [6, 6.07) is 0. The van der Waals surface area contributed by atoms with Crippen molar-refractivity contribution in [3.63, 3.8) is 0 Å². The molecule has 0 aromatic heterocycles. The molecule has 0 saturated carbocycles. The summed E-state index contributed by atoms with van der Waals surface area (Å²) >= 11 is 0. The van der Waals surface area contributed by atoms with Crippen LogP contribution in [0.2, 0.25) is 0 Å². The van der Waals surface area contributed by atoms with Crippen LogP contribution in [0.15, 0.2) is 0 Å². The molecule has 0 spiro atoms. The first-order valence-corrected chi connectivity index (χ1v) is 6.24. The molecule has 0 aromatic carbocycles. The lowest BCUT2D eigenvalue weighted by Crippen LogP contribution is -2.32. The van der Waals surface area contributed by atoms with Crippen molar-refractivity contribution in [3.05, 3.63) is 0 Å². The molecule has 0 aromatic rings. The fourth-order valence-electron chi connectivity index (χ4n) is 1.09. The first-order valence-electron chi connectivity index (χ1n) is 6.24. The zero-order valence-corrected chi connectivity index (χ0v) is 11.5. The van der Waals surface area contributed by atoms with E-state index in [0.717, 1.165) is 0 Å². The summed E-state index contributed by atoms with van der Waals surface area (Å²) in [5.41, 5.74) is 0. The van der Waals surface area contributed by atoms with Gasteiger partial charge < -0.3 is 20.1 Å². The van der Waals surface area contributed by atoms with Gasteiger partial charge in [-0.3, -0.25) is 14.4 Å². The quantitative estimate of drug-likeness (QED) is 0.484. The molecule has 7 heteroatoms. The maximum absolute atomic E-state index is 11.2. The molecule has 0 aliphatic carbocycles. The minimum Gasteiger partial charge on any atom is -0.378 e. The third-order valence-corrected chi connectivity index (χ3v) is 2.00. The Morgan fingerprint density at radius 3 is 2.00 bits per heavy atom. The lowest BCUT2D eigenvalue weighted by molar-refractivity contribution is -0.129. The van der Waals surface area contributed by atoms with Crippen LogP contribution in [-0.4, -0.2) is 57.1 Å². The lowest BCUT2D eigenvalue weighted by atomic mass is 10.4. The van der Waals surface area contributed by atoms with E-state index in [4.69, 9.17) is 9.47 Å². The first kappa shape index (κ1) is 17.5. The van der Waals surface area contributed by atoms with Crippen molar-refractivity contribution >= 4 is 17.6 Å². The predicted octanol–water partition coefficient (Wildman–Crippen LogP) is -0.749. The van der Waals surface area contributed by atoms with Gasteiger partial charge in [-0.25, -0.2) is 0 Å². The molecule has 7 nitrogen and oxygen atoms in total. The largest absolute Gasteiger partial charge is 0.378 e. The van der Waals surface area contributed by atoms with Crippen LogP contribution in [-0.2, 0) is 23.9 Å². The molecule has 0 aliphatic heterocycles. The van der Waals surface area contributed by atoms with Crippen molar-refractivity contribution in [2.45, 2.75) is 20.3 Å². The van der Waals surface area contributed by atoms with E-state index in [0.29, 0.717) is 32.7 Å². The number of carbonyl (C=O) groups excluding carboxylic acids is 3. The number of carbonyl (C=O) groups is 3. The van der Waals surface area contributed by atoms with Crippen LogP contribution in [0.4, 0.5) is 0 Å². The number of ether oxygens (including phenoxy) is 2. The van der Waals surface area contributed by atoms with E-state index in [-0.39, 0.29) is 30.8 Å². The second kappa shape index (κ2) is 11.6. The van der Waals surface area contributed by atoms with Gasteiger partial charge in [-0.1, -0.05) is 6.92 Å². The summed E-state index contributed by atoms with van der Waals surface area (Å²) in [5, 5.41) is 5.25. The average molecular weight is 274 g/mol. The minimum absolute atomic E-state index is 0.0143. The van der Waals surface area contributed by atoms with Gasteiger partial charge in [-0.15, -0.1) is 0 Å². The number of nitrogens with one attached hydrogen (secondary N) is 2. The number of rotatable bonds is 11. The number of ketones is 1. The highest BCUT2D eigenvalue weighted by molar-refractivity contribution is 5.79.